The number of pyridine rings is 3. The van der Waals surface area contributed by atoms with E-state index in [1.807, 2.05) is 146 Å². The Morgan fingerprint density at radius 1 is 0.271 bits per heavy atom. The highest BCUT2D eigenvalue weighted by atomic mass is 15.0. The maximum absolute atomic E-state index is 4.85. The first-order valence-electron chi connectivity index (χ1n) is 15.4. The van der Waals surface area contributed by atoms with Gasteiger partial charge in [0.25, 0.3) is 0 Å². The number of nitrogens with zero attached hydrogens (tertiary/aromatic N) is 8. The lowest BCUT2D eigenvalue weighted by Gasteiger charge is -2.10. The Hall–Kier alpha value is -6.80. The van der Waals surface area contributed by atoms with Gasteiger partial charge in [-0.05, 0) is 42.0 Å². The van der Waals surface area contributed by atoms with Crippen LogP contribution in [0, 0.1) is 0 Å². The van der Waals surface area contributed by atoms with Gasteiger partial charge in [0.1, 0.15) is 0 Å². The van der Waals surface area contributed by atoms with Crippen molar-refractivity contribution in [2.75, 3.05) is 0 Å². The van der Waals surface area contributed by atoms with Gasteiger partial charge in [-0.2, -0.15) is 0 Å². The lowest BCUT2D eigenvalue weighted by Crippen LogP contribution is -2.00. The Morgan fingerprint density at radius 2 is 0.708 bits per heavy atom. The number of benzene rings is 3. The molecule has 0 spiro atoms. The first-order valence-corrected chi connectivity index (χ1v) is 15.4. The van der Waals surface area contributed by atoms with E-state index in [-0.39, 0.29) is 0 Å². The van der Waals surface area contributed by atoms with E-state index in [0.29, 0.717) is 23.3 Å². The van der Waals surface area contributed by atoms with Gasteiger partial charge in [0.15, 0.2) is 23.3 Å². The van der Waals surface area contributed by atoms with Crippen LogP contribution in [0.4, 0.5) is 0 Å². The third kappa shape index (κ3) is 6.05. The number of aromatic nitrogens is 8. The molecular formula is C40H26N8. The predicted octanol–water partition coefficient (Wildman–Crippen LogP) is 8.52. The van der Waals surface area contributed by atoms with Crippen LogP contribution in [0.25, 0.3) is 79.5 Å². The van der Waals surface area contributed by atoms with Crippen LogP contribution >= 0.6 is 0 Å². The first kappa shape index (κ1) is 28.7. The van der Waals surface area contributed by atoms with Gasteiger partial charge in [-0.15, -0.1) is 0 Å². The molecule has 0 fully saturated rings. The second kappa shape index (κ2) is 12.9. The fraction of sp³-hybridized carbons (Fsp3) is 0. The summed E-state index contributed by atoms with van der Waals surface area (Å²) in [4.78, 5) is 37.8. The van der Waals surface area contributed by atoms with E-state index in [0.717, 1.165) is 56.2 Å². The average Bonchev–Trinajstić information content (AvgIpc) is 3.19. The van der Waals surface area contributed by atoms with E-state index >= 15 is 0 Å². The summed E-state index contributed by atoms with van der Waals surface area (Å²) in [5.41, 5.74) is 8.41. The number of hydrogen-bond donors (Lipinski definition) is 0. The van der Waals surface area contributed by atoms with Crippen molar-refractivity contribution in [3.05, 3.63) is 158 Å². The van der Waals surface area contributed by atoms with Crippen LogP contribution in [0.5, 0.6) is 0 Å². The Labute approximate surface area is 277 Å². The zero-order chi connectivity index (χ0) is 32.1. The molecule has 0 amide bonds. The quantitative estimate of drug-likeness (QED) is 0.175. The van der Waals surface area contributed by atoms with E-state index in [1.165, 1.54) is 0 Å². The average molecular weight is 619 g/mol. The van der Waals surface area contributed by atoms with Crippen LogP contribution in [0.3, 0.4) is 0 Å². The Bertz CT molecular complexity index is 2010. The van der Waals surface area contributed by atoms with Crippen molar-refractivity contribution in [1.29, 1.82) is 0 Å². The lowest BCUT2D eigenvalue weighted by atomic mass is 10.1. The van der Waals surface area contributed by atoms with E-state index in [4.69, 9.17) is 29.9 Å². The summed E-state index contributed by atoms with van der Waals surface area (Å²) in [7, 11) is 0. The molecule has 0 N–H and O–H groups in total. The molecule has 8 nitrogen and oxygen atoms in total. The maximum Gasteiger partial charge on any atom is 0.164 e. The second-order valence-corrected chi connectivity index (χ2v) is 11.0. The lowest BCUT2D eigenvalue weighted by molar-refractivity contribution is 1.07. The van der Waals surface area contributed by atoms with Crippen LogP contribution in [0.1, 0.15) is 0 Å². The molecule has 0 aliphatic heterocycles. The number of hydrogen-bond acceptors (Lipinski definition) is 8. The minimum absolute atomic E-state index is 0.583. The topological polar surface area (TPSA) is 103 Å². The monoisotopic (exact) mass is 618 g/mol. The summed E-state index contributed by atoms with van der Waals surface area (Å²) < 4.78 is 0. The van der Waals surface area contributed by atoms with Crippen molar-refractivity contribution < 1.29 is 0 Å². The molecule has 8 rings (SSSR count). The van der Waals surface area contributed by atoms with Crippen LogP contribution in [-0.4, -0.2) is 39.9 Å². The van der Waals surface area contributed by atoms with Crippen molar-refractivity contribution in [2.45, 2.75) is 0 Å². The predicted molar refractivity (Wildman–Crippen MR) is 187 cm³/mol. The van der Waals surface area contributed by atoms with Crippen LogP contribution in [0.2, 0.25) is 0 Å². The van der Waals surface area contributed by atoms with Crippen LogP contribution in [0.15, 0.2) is 158 Å². The minimum Gasteiger partial charge on any atom is -0.255 e. The highest BCUT2D eigenvalue weighted by Gasteiger charge is 2.14. The summed E-state index contributed by atoms with van der Waals surface area (Å²) in [6.07, 6.45) is 7.18. The molecule has 8 aromatic rings. The van der Waals surface area contributed by atoms with Gasteiger partial charge in [0, 0.05) is 52.6 Å². The Morgan fingerprint density at radius 3 is 1.17 bits per heavy atom. The third-order valence-electron chi connectivity index (χ3n) is 7.77. The van der Waals surface area contributed by atoms with Crippen molar-refractivity contribution in [1.82, 2.24) is 39.9 Å². The maximum atomic E-state index is 4.85. The van der Waals surface area contributed by atoms with Gasteiger partial charge < -0.3 is 0 Å². The molecule has 0 aliphatic carbocycles. The van der Waals surface area contributed by atoms with E-state index < -0.39 is 0 Å². The van der Waals surface area contributed by atoms with Gasteiger partial charge >= 0.3 is 0 Å². The SMILES string of the molecule is c1ccc(-c2nc(-c3ccccc3)nc(-c3ccc(-c4cnc(-c5cc(-c6ccccn6)nc(-c6ccccn6)c5)nc4)cc3)n2)cc1. The standard InChI is InChI=1S/C40H26N8/c1-3-11-28(12-4-1)38-46-39(29-13-5-2-6-14-29)48-40(47-38)30-19-17-27(18-20-30)32-25-43-37(44-26-32)31-23-35(33-15-7-9-21-41-33)45-36(24-31)34-16-8-10-22-42-34/h1-26H. The van der Waals surface area contributed by atoms with Crippen molar-refractivity contribution in [2.24, 2.45) is 0 Å². The van der Waals surface area contributed by atoms with E-state index in [9.17, 15) is 0 Å². The smallest absolute Gasteiger partial charge is 0.164 e. The molecule has 226 valence electrons. The highest BCUT2D eigenvalue weighted by Crippen LogP contribution is 2.29. The molecule has 48 heavy (non-hydrogen) atoms. The molecule has 0 atom stereocenters. The Balaban J connectivity index is 1.11. The summed E-state index contributed by atoms with van der Waals surface area (Å²) in [6, 6.07) is 43.5. The van der Waals surface area contributed by atoms with Crippen molar-refractivity contribution >= 4 is 0 Å². The van der Waals surface area contributed by atoms with Crippen molar-refractivity contribution in [3.8, 4) is 79.5 Å². The molecular weight excluding hydrogens is 592 g/mol. The molecule has 5 heterocycles. The van der Waals surface area contributed by atoms with Gasteiger partial charge in [0.2, 0.25) is 0 Å². The molecule has 0 radical (unpaired) electrons. The Kier molecular flexibility index (Phi) is 7.70. The minimum atomic E-state index is 0.583. The molecule has 8 heteroatoms. The van der Waals surface area contributed by atoms with Gasteiger partial charge in [-0.1, -0.05) is 97.1 Å². The van der Waals surface area contributed by atoms with E-state index in [1.54, 1.807) is 12.4 Å². The molecule has 0 aliphatic rings. The van der Waals surface area contributed by atoms with Crippen LogP contribution in [-0.2, 0) is 0 Å². The summed E-state index contributed by atoms with van der Waals surface area (Å²) >= 11 is 0. The van der Waals surface area contributed by atoms with Crippen LogP contribution < -0.4 is 0 Å². The fourth-order valence-electron chi connectivity index (χ4n) is 5.33. The first-order chi connectivity index (χ1) is 23.8. The summed E-state index contributed by atoms with van der Waals surface area (Å²) in [5, 5.41) is 0. The zero-order valence-corrected chi connectivity index (χ0v) is 25.6. The number of rotatable bonds is 7. The molecule has 0 bridgehead atoms. The largest absolute Gasteiger partial charge is 0.255 e. The van der Waals surface area contributed by atoms with Gasteiger partial charge in [0.05, 0.1) is 22.8 Å². The highest BCUT2D eigenvalue weighted by molar-refractivity contribution is 5.73. The van der Waals surface area contributed by atoms with E-state index in [2.05, 4.69) is 9.97 Å². The molecule has 0 saturated heterocycles. The fourth-order valence-corrected chi connectivity index (χ4v) is 5.33. The van der Waals surface area contributed by atoms with Gasteiger partial charge in [-0.25, -0.2) is 29.9 Å². The van der Waals surface area contributed by atoms with Crippen molar-refractivity contribution in [3.63, 3.8) is 0 Å². The third-order valence-corrected chi connectivity index (χ3v) is 7.77. The molecule has 0 saturated carbocycles. The zero-order valence-electron chi connectivity index (χ0n) is 25.6. The second-order valence-electron chi connectivity index (χ2n) is 11.0. The molecule has 0 unspecified atom stereocenters. The molecule has 3 aromatic carbocycles. The molecule has 5 aromatic heterocycles. The normalized spacial score (nSPS) is 10.9. The summed E-state index contributed by atoms with van der Waals surface area (Å²) in [5.74, 6) is 2.44. The van der Waals surface area contributed by atoms with Gasteiger partial charge in [-0.3, -0.25) is 9.97 Å². The summed E-state index contributed by atoms with van der Waals surface area (Å²) in [6.45, 7) is 0.